The Kier molecular flexibility index (Phi) is 5.75. The van der Waals surface area contributed by atoms with Crippen LogP contribution in [0, 0.1) is 6.92 Å². The van der Waals surface area contributed by atoms with Gasteiger partial charge < -0.3 is 19.7 Å². The highest BCUT2D eigenvalue weighted by Gasteiger charge is 2.16. The third-order valence-corrected chi connectivity index (χ3v) is 3.83. The third-order valence-electron chi connectivity index (χ3n) is 3.01. The lowest BCUT2D eigenvalue weighted by Gasteiger charge is -2.26. The molecule has 6 nitrogen and oxygen atoms in total. The minimum atomic E-state index is 0.0930. The fourth-order valence-electron chi connectivity index (χ4n) is 2.04. The maximum atomic E-state index is 5.60. The van der Waals surface area contributed by atoms with Crippen LogP contribution in [0.3, 0.4) is 0 Å². The number of aliphatic imine (C=N–C) groups is 1. The van der Waals surface area contributed by atoms with Gasteiger partial charge in [0.15, 0.2) is 5.96 Å². The van der Waals surface area contributed by atoms with Crippen LogP contribution in [0.15, 0.2) is 10.4 Å². The minimum absolute atomic E-state index is 0.0930. The number of hydrogen-bond acceptors (Lipinski definition) is 5. The van der Waals surface area contributed by atoms with Crippen LogP contribution < -0.4 is 5.32 Å². The molecule has 0 aromatic carbocycles. The lowest BCUT2D eigenvalue weighted by Crippen LogP contribution is -2.45. The van der Waals surface area contributed by atoms with E-state index < -0.39 is 0 Å². The Hall–Kier alpha value is -1.18. The summed E-state index contributed by atoms with van der Waals surface area (Å²) in [5, 5.41) is 6.48. The summed E-state index contributed by atoms with van der Waals surface area (Å²) >= 11 is 1.67. The van der Waals surface area contributed by atoms with Gasteiger partial charge in [0.1, 0.15) is 0 Å². The standard InChI is InChI=1S/C13H22N4O2S/c1-10-16-11(9-20-10)7-17(3)13(14-2)15-6-12-8-18-4-5-19-12/h9,12H,4-8H2,1-3H3,(H,14,15). The normalized spacial score (nSPS) is 19.9. The molecule has 1 aromatic rings. The molecule has 1 saturated heterocycles. The average Bonchev–Trinajstić information content (AvgIpc) is 2.86. The molecule has 0 bridgehead atoms. The predicted octanol–water partition coefficient (Wildman–Crippen LogP) is 0.874. The van der Waals surface area contributed by atoms with Crippen LogP contribution in [0.2, 0.25) is 0 Å². The van der Waals surface area contributed by atoms with E-state index in [2.05, 4.69) is 25.6 Å². The molecule has 2 heterocycles. The molecule has 112 valence electrons. The molecular formula is C13H22N4O2S. The van der Waals surface area contributed by atoms with Crippen LogP contribution in [-0.2, 0) is 16.0 Å². The first-order valence-corrected chi connectivity index (χ1v) is 7.59. The van der Waals surface area contributed by atoms with E-state index in [-0.39, 0.29) is 6.10 Å². The number of ether oxygens (including phenoxy) is 2. The molecule has 1 aromatic heterocycles. The van der Waals surface area contributed by atoms with Crippen molar-refractivity contribution in [1.29, 1.82) is 0 Å². The molecule has 20 heavy (non-hydrogen) atoms. The SMILES string of the molecule is CN=C(NCC1COCCO1)N(C)Cc1csc(C)n1. The topological polar surface area (TPSA) is 59.0 Å². The van der Waals surface area contributed by atoms with Gasteiger partial charge in [-0.15, -0.1) is 11.3 Å². The zero-order valence-corrected chi connectivity index (χ0v) is 13.1. The lowest BCUT2D eigenvalue weighted by molar-refractivity contribution is -0.0851. The Bertz CT molecular complexity index is 443. The summed E-state index contributed by atoms with van der Waals surface area (Å²) in [4.78, 5) is 10.8. The number of nitrogens with zero attached hydrogens (tertiary/aromatic N) is 3. The van der Waals surface area contributed by atoms with Crippen LogP contribution in [0.5, 0.6) is 0 Å². The zero-order valence-electron chi connectivity index (χ0n) is 12.3. The van der Waals surface area contributed by atoms with Gasteiger partial charge in [-0.25, -0.2) is 4.98 Å². The summed E-state index contributed by atoms with van der Waals surface area (Å²) in [7, 11) is 3.78. The van der Waals surface area contributed by atoms with E-state index in [1.165, 1.54) is 0 Å². The molecule has 2 rings (SSSR count). The second-order valence-corrected chi connectivity index (χ2v) is 5.77. The number of rotatable bonds is 4. The van der Waals surface area contributed by atoms with Crippen molar-refractivity contribution in [3.8, 4) is 0 Å². The zero-order chi connectivity index (χ0) is 14.4. The number of thiazole rings is 1. The van der Waals surface area contributed by atoms with E-state index >= 15 is 0 Å². The van der Waals surface area contributed by atoms with Gasteiger partial charge in [-0.05, 0) is 6.92 Å². The molecule has 0 aliphatic carbocycles. The number of nitrogens with one attached hydrogen (secondary N) is 1. The Morgan fingerprint density at radius 1 is 1.60 bits per heavy atom. The summed E-state index contributed by atoms with van der Waals surface area (Å²) in [6, 6.07) is 0. The Labute approximate surface area is 123 Å². The molecule has 1 unspecified atom stereocenters. The molecule has 1 atom stereocenters. The molecule has 0 amide bonds. The molecule has 0 spiro atoms. The fourth-order valence-corrected chi connectivity index (χ4v) is 2.65. The molecule has 0 radical (unpaired) electrons. The van der Waals surface area contributed by atoms with E-state index in [9.17, 15) is 0 Å². The summed E-state index contributed by atoms with van der Waals surface area (Å²) in [5.41, 5.74) is 1.06. The van der Waals surface area contributed by atoms with Crippen molar-refractivity contribution in [2.24, 2.45) is 4.99 Å². The van der Waals surface area contributed by atoms with Gasteiger partial charge in [0, 0.05) is 26.0 Å². The van der Waals surface area contributed by atoms with Crippen molar-refractivity contribution in [1.82, 2.24) is 15.2 Å². The maximum absolute atomic E-state index is 5.60. The average molecular weight is 298 g/mol. The van der Waals surface area contributed by atoms with Gasteiger partial charge in [0.05, 0.1) is 43.2 Å². The van der Waals surface area contributed by atoms with E-state index in [1.807, 2.05) is 14.0 Å². The van der Waals surface area contributed by atoms with Gasteiger partial charge in [0.2, 0.25) is 0 Å². The first-order chi connectivity index (χ1) is 9.69. The van der Waals surface area contributed by atoms with E-state index in [0.717, 1.165) is 23.2 Å². The van der Waals surface area contributed by atoms with Gasteiger partial charge in [-0.3, -0.25) is 4.99 Å². The quantitative estimate of drug-likeness (QED) is 0.660. The summed E-state index contributed by atoms with van der Waals surface area (Å²) in [6.45, 7) is 5.45. The smallest absolute Gasteiger partial charge is 0.193 e. The lowest BCUT2D eigenvalue weighted by atomic mass is 10.3. The highest BCUT2D eigenvalue weighted by Crippen LogP contribution is 2.09. The van der Waals surface area contributed by atoms with Crippen molar-refractivity contribution in [3.63, 3.8) is 0 Å². The van der Waals surface area contributed by atoms with Gasteiger partial charge in [0.25, 0.3) is 0 Å². The maximum Gasteiger partial charge on any atom is 0.193 e. The summed E-state index contributed by atoms with van der Waals surface area (Å²) < 4.78 is 11.0. The Morgan fingerprint density at radius 3 is 3.05 bits per heavy atom. The van der Waals surface area contributed by atoms with E-state index in [0.29, 0.717) is 26.4 Å². The highest BCUT2D eigenvalue weighted by atomic mass is 32.1. The number of aromatic nitrogens is 1. The number of guanidine groups is 1. The Balaban J connectivity index is 1.81. The number of aryl methyl sites for hydroxylation is 1. The second-order valence-electron chi connectivity index (χ2n) is 4.71. The van der Waals surface area contributed by atoms with Crippen LogP contribution in [-0.4, -0.2) is 62.4 Å². The third kappa shape index (κ3) is 4.43. The molecule has 1 fully saturated rings. The van der Waals surface area contributed by atoms with Crippen LogP contribution in [0.25, 0.3) is 0 Å². The Morgan fingerprint density at radius 2 is 2.45 bits per heavy atom. The van der Waals surface area contributed by atoms with Gasteiger partial charge in [-0.2, -0.15) is 0 Å². The predicted molar refractivity (Wildman–Crippen MR) is 80.2 cm³/mol. The van der Waals surface area contributed by atoms with Gasteiger partial charge >= 0.3 is 0 Å². The monoisotopic (exact) mass is 298 g/mol. The minimum Gasteiger partial charge on any atom is -0.376 e. The van der Waals surface area contributed by atoms with Crippen LogP contribution in [0.4, 0.5) is 0 Å². The first-order valence-electron chi connectivity index (χ1n) is 6.71. The molecule has 1 N–H and O–H groups in total. The summed E-state index contributed by atoms with van der Waals surface area (Å²) in [6.07, 6.45) is 0.0930. The highest BCUT2D eigenvalue weighted by molar-refractivity contribution is 7.09. The van der Waals surface area contributed by atoms with Crippen molar-refractivity contribution >= 4 is 17.3 Å². The first kappa shape index (κ1) is 15.2. The molecular weight excluding hydrogens is 276 g/mol. The summed E-state index contributed by atoms with van der Waals surface area (Å²) in [5.74, 6) is 0.838. The van der Waals surface area contributed by atoms with E-state index in [1.54, 1.807) is 18.4 Å². The molecule has 0 saturated carbocycles. The molecule has 1 aliphatic heterocycles. The van der Waals surface area contributed by atoms with Crippen molar-refractivity contribution in [3.05, 3.63) is 16.1 Å². The number of hydrogen-bond donors (Lipinski definition) is 1. The molecule has 1 aliphatic rings. The van der Waals surface area contributed by atoms with Gasteiger partial charge in [-0.1, -0.05) is 0 Å². The van der Waals surface area contributed by atoms with Crippen LogP contribution >= 0.6 is 11.3 Å². The largest absolute Gasteiger partial charge is 0.376 e. The fraction of sp³-hybridized carbons (Fsp3) is 0.692. The van der Waals surface area contributed by atoms with Crippen molar-refractivity contribution in [2.75, 3.05) is 40.5 Å². The molecule has 7 heteroatoms. The van der Waals surface area contributed by atoms with Crippen molar-refractivity contribution in [2.45, 2.75) is 19.6 Å². The second kappa shape index (κ2) is 7.56. The van der Waals surface area contributed by atoms with E-state index in [4.69, 9.17) is 9.47 Å². The van der Waals surface area contributed by atoms with Crippen LogP contribution in [0.1, 0.15) is 10.7 Å². The van der Waals surface area contributed by atoms with Crippen molar-refractivity contribution < 1.29 is 9.47 Å².